The average Bonchev–Trinajstić information content (AvgIpc) is 2.30. The molecule has 0 amide bonds. The minimum absolute atomic E-state index is 0.103. The summed E-state index contributed by atoms with van der Waals surface area (Å²) in [7, 11) is 0. The lowest BCUT2D eigenvalue weighted by Gasteiger charge is -2.23. The minimum atomic E-state index is -0.735. The predicted octanol–water partition coefficient (Wildman–Crippen LogP) is 0.598. The van der Waals surface area contributed by atoms with Crippen LogP contribution in [0.2, 0.25) is 0 Å². The Morgan fingerprint density at radius 3 is 2.53 bits per heavy atom. The van der Waals surface area contributed by atoms with E-state index in [1.54, 1.807) is 13.8 Å². The number of hydrogen-bond acceptors (Lipinski definition) is 4. The van der Waals surface area contributed by atoms with Crippen molar-refractivity contribution in [3.05, 3.63) is 20.8 Å². The van der Waals surface area contributed by atoms with E-state index < -0.39 is 16.8 Å². The summed E-state index contributed by atoms with van der Waals surface area (Å²) < 4.78 is 1.33. The fraction of sp³-hybridized carbons (Fsp3) is 0.538. The predicted molar refractivity (Wildman–Crippen MR) is 77.1 cm³/mol. The van der Waals surface area contributed by atoms with Gasteiger partial charge < -0.3 is 11.1 Å². The number of nitrogens with two attached hydrogens (primary N) is 1. The minimum Gasteiger partial charge on any atom is -0.383 e. The Morgan fingerprint density at radius 1 is 1.47 bits per heavy atom. The molecule has 19 heavy (non-hydrogen) atoms. The molecule has 6 heteroatoms. The Hall–Kier alpha value is -2.16. The molecule has 104 valence electrons. The number of nitrogens with zero attached hydrogens (tertiary/aromatic N) is 1. The highest BCUT2D eigenvalue weighted by Gasteiger charge is 2.20. The van der Waals surface area contributed by atoms with Crippen LogP contribution in [0.5, 0.6) is 0 Å². The fourth-order valence-corrected chi connectivity index (χ4v) is 1.60. The molecule has 0 fully saturated rings. The second kappa shape index (κ2) is 5.22. The molecule has 0 bridgehead atoms. The summed E-state index contributed by atoms with van der Waals surface area (Å²) in [5, 5.41) is 2.88. The zero-order valence-electron chi connectivity index (χ0n) is 11.7. The van der Waals surface area contributed by atoms with E-state index in [0.29, 0.717) is 6.54 Å². The lowest BCUT2D eigenvalue weighted by molar-refractivity contribution is 0.507. The van der Waals surface area contributed by atoms with Crippen LogP contribution < -0.4 is 22.3 Å². The maximum absolute atomic E-state index is 11.8. The number of aromatic amines is 1. The van der Waals surface area contributed by atoms with Crippen molar-refractivity contribution in [1.29, 1.82) is 0 Å². The lowest BCUT2D eigenvalue weighted by Crippen LogP contribution is -2.39. The summed E-state index contributed by atoms with van der Waals surface area (Å²) in [4.78, 5) is 25.8. The van der Waals surface area contributed by atoms with Crippen LogP contribution in [-0.4, -0.2) is 15.1 Å². The van der Waals surface area contributed by atoms with E-state index in [4.69, 9.17) is 12.2 Å². The molecule has 0 unspecified atom stereocenters. The van der Waals surface area contributed by atoms with E-state index >= 15 is 0 Å². The Balaban J connectivity index is 3.38. The van der Waals surface area contributed by atoms with Crippen molar-refractivity contribution in [3.8, 4) is 12.3 Å². The molecule has 0 aliphatic carbocycles. The van der Waals surface area contributed by atoms with Crippen LogP contribution in [0.3, 0.4) is 0 Å². The normalized spacial score (nSPS) is 11.4. The van der Waals surface area contributed by atoms with Crippen molar-refractivity contribution in [2.24, 2.45) is 5.92 Å². The Kier molecular flexibility index (Phi) is 4.10. The van der Waals surface area contributed by atoms with Gasteiger partial charge in [-0.15, -0.1) is 6.42 Å². The molecule has 0 radical (unpaired) electrons. The fourth-order valence-electron chi connectivity index (χ4n) is 1.60. The smallest absolute Gasteiger partial charge is 0.330 e. The third kappa shape index (κ3) is 3.41. The number of rotatable bonds is 4. The molecule has 0 atom stereocenters. The summed E-state index contributed by atoms with van der Waals surface area (Å²) in [6, 6.07) is 0. The number of anilines is 2. The summed E-state index contributed by atoms with van der Waals surface area (Å²) in [6.45, 7) is 7.81. The topological polar surface area (TPSA) is 92.9 Å². The first kappa shape index (κ1) is 14.9. The van der Waals surface area contributed by atoms with Gasteiger partial charge in [-0.05, 0) is 19.8 Å². The first-order valence-corrected chi connectivity index (χ1v) is 6.06. The van der Waals surface area contributed by atoms with E-state index in [2.05, 4.69) is 16.2 Å². The zero-order valence-corrected chi connectivity index (χ0v) is 11.7. The van der Waals surface area contributed by atoms with Gasteiger partial charge in [0.15, 0.2) is 0 Å². The van der Waals surface area contributed by atoms with Crippen LogP contribution in [0, 0.1) is 18.3 Å². The van der Waals surface area contributed by atoms with Crippen LogP contribution in [0.1, 0.15) is 27.7 Å². The third-order valence-electron chi connectivity index (χ3n) is 2.59. The second-order valence-electron chi connectivity index (χ2n) is 5.42. The number of H-pyrrole nitrogens is 1. The summed E-state index contributed by atoms with van der Waals surface area (Å²) in [5.41, 5.74) is 4.22. The van der Waals surface area contributed by atoms with Crippen molar-refractivity contribution >= 4 is 11.5 Å². The summed E-state index contributed by atoms with van der Waals surface area (Å²) in [5.74, 6) is 2.84. The van der Waals surface area contributed by atoms with Crippen molar-refractivity contribution in [1.82, 2.24) is 9.55 Å². The maximum atomic E-state index is 11.8. The molecular formula is C13H20N4O2. The van der Waals surface area contributed by atoms with Crippen LogP contribution in [0.4, 0.5) is 11.5 Å². The molecule has 1 rings (SSSR count). The van der Waals surface area contributed by atoms with Gasteiger partial charge in [-0.1, -0.05) is 19.8 Å². The van der Waals surface area contributed by atoms with Crippen LogP contribution in [-0.2, 0) is 6.54 Å². The highest BCUT2D eigenvalue weighted by Crippen LogP contribution is 2.16. The van der Waals surface area contributed by atoms with Gasteiger partial charge in [-0.2, -0.15) is 0 Å². The van der Waals surface area contributed by atoms with Crippen molar-refractivity contribution in [2.75, 3.05) is 11.1 Å². The van der Waals surface area contributed by atoms with E-state index in [-0.39, 0.29) is 17.4 Å². The largest absolute Gasteiger partial charge is 0.383 e. The Labute approximate surface area is 112 Å². The molecular weight excluding hydrogens is 244 g/mol. The van der Waals surface area contributed by atoms with E-state index in [1.165, 1.54) is 4.57 Å². The number of aromatic nitrogens is 2. The first-order chi connectivity index (χ1) is 8.68. The van der Waals surface area contributed by atoms with Crippen LogP contribution in [0.15, 0.2) is 9.59 Å². The first-order valence-electron chi connectivity index (χ1n) is 6.06. The molecule has 1 aromatic rings. The highest BCUT2D eigenvalue weighted by atomic mass is 16.2. The van der Waals surface area contributed by atoms with E-state index in [1.807, 2.05) is 13.8 Å². The Bertz CT molecular complexity index is 617. The molecule has 0 saturated carbocycles. The lowest BCUT2D eigenvalue weighted by atomic mass is 10.1. The van der Waals surface area contributed by atoms with Crippen molar-refractivity contribution < 1.29 is 0 Å². The van der Waals surface area contributed by atoms with Gasteiger partial charge in [0.2, 0.25) is 0 Å². The number of terminal acetylenes is 1. The number of nitrogens with one attached hydrogen (secondary N) is 2. The highest BCUT2D eigenvalue weighted by molar-refractivity contribution is 5.62. The molecule has 0 aliphatic rings. The number of nitrogen functional groups attached to an aromatic ring is 1. The average molecular weight is 264 g/mol. The molecule has 0 saturated heterocycles. The molecule has 6 nitrogen and oxygen atoms in total. The van der Waals surface area contributed by atoms with Crippen molar-refractivity contribution in [2.45, 2.75) is 39.8 Å². The maximum Gasteiger partial charge on any atom is 0.330 e. The summed E-state index contributed by atoms with van der Waals surface area (Å²) in [6.07, 6.45) is 5.37. The molecule has 4 N–H and O–H groups in total. The van der Waals surface area contributed by atoms with Gasteiger partial charge in [-0.3, -0.25) is 14.3 Å². The third-order valence-corrected chi connectivity index (χ3v) is 2.59. The SMILES string of the molecule is C#CC(C)(C)Nc1c(N)n(CC(C)C)c(=O)[nH]c1=O. The molecule has 1 aromatic heterocycles. The molecule has 1 heterocycles. The van der Waals surface area contributed by atoms with Gasteiger partial charge in [0, 0.05) is 6.54 Å². The standard InChI is InChI=1S/C13H20N4O2/c1-6-13(4,5)16-9-10(14)17(7-8(2)3)12(19)15-11(9)18/h1,8,16H,7,14H2,2-5H3,(H,15,18,19). The van der Waals surface area contributed by atoms with E-state index in [0.717, 1.165) is 0 Å². The second-order valence-corrected chi connectivity index (χ2v) is 5.42. The van der Waals surface area contributed by atoms with Gasteiger partial charge in [0.05, 0.1) is 5.54 Å². The molecule has 0 aromatic carbocycles. The molecule has 0 aliphatic heterocycles. The van der Waals surface area contributed by atoms with Crippen LogP contribution >= 0.6 is 0 Å². The Morgan fingerprint density at radius 2 is 2.05 bits per heavy atom. The monoisotopic (exact) mass is 264 g/mol. The quantitative estimate of drug-likeness (QED) is 0.694. The molecule has 0 spiro atoms. The number of hydrogen-bond donors (Lipinski definition) is 3. The van der Waals surface area contributed by atoms with E-state index in [9.17, 15) is 9.59 Å². The van der Waals surface area contributed by atoms with Crippen molar-refractivity contribution in [3.63, 3.8) is 0 Å². The van der Waals surface area contributed by atoms with Gasteiger partial charge >= 0.3 is 5.69 Å². The summed E-state index contributed by atoms with van der Waals surface area (Å²) >= 11 is 0. The zero-order chi connectivity index (χ0) is 14.8. The van der Waals surface area contributed by atoms with Crippen LogP contribution in [0.25, 0.3) is 0 Å². The van der Waals surface area contributed by atoms with Gasteiger partial charge in [0.1, 0.15) is 11.5 Å². The van der Waals surface area contributed by atoms with Gasteiger partial charge in [0.25, 0.3) is 5.56 Å². The van der Waals surface area contributed by atoms with Gasteiger partial charge in [-0.25, -0.2) is 4.79 Å².